The highest BCUT2D eigenvalue weighted by molar-refractivity contribution is 5.60. The molecule has 0 unspecified atom stereocenters. The van der Waals surface area contributed by atoms with Gasteiger partial charge in [0, 0.05) is 42.1 Å². The van der Waals surface area contributed by atoms with E-state index in [1.165, 1.54) is 16.7 Å². The third-order valence-corrected chi connectivity index (χ3v) is 4.60. The third kappa shape index (κ3) is 4.39. The SMILES string of the molecule is c1ccc(Nc2cccc(CC(c3cccnc3)c3cccnc3)c2)cc1. The lowest BCUT2D eigenvalue weighted by atomic mass is 9.87. The largest absolute Gasteiger partial charge is 0.356 e. The van der Waals surface area contributed by atoms with Crippen molar-refractivity contribution in [3.63, 3.8) is 0 Å². The number of anilines is 2. The minimum absolute atomic E-state index is 0.222. The first-order valence-corrected chi connectivity index (χ1v) is 9.09. The number of benzene rings is 2. The first kappa shape index (κ1) is 17.0. The van der Waals surface area contributed by atoms with Crippen LogP contribution in [0, 0.1) is 0 Å². The summed E-state index contributed by atoms with van der Waals surface area (Å²) in [6.07, 6.45) is 8.41. The van der Waals surface area contributed by atoms with Gasteiger partial charge in [0.15, 0.2) is 0 Å². The molecule has 1 N–H and O–H groups in total. The Balaban J connectivity index is 1.61. The normalized spacial score (nSPS) is 10.7. The van der Waals surface area contributed by atoms with Gasteiger partial charge in [0.1, 0.15) is 0 Å². The van der Waals surface area contributed by atoms with Gasteiger partial charge in [-0.1, -0.05) is 42.5 Å². The van der Waals surface area contributed by atoms with Crippen LogP contribution in [0.4, 0.5) is 11.4 Å². The molecule has 0 aliphatic rings. The second kappa shape index (κ2) is 8.28. The Morgan fingerprint density at radius 2 is 1.33 bits per heavy atom. The fraction of sp³-hybridized carbons (Fsp3) is 0.0833. The number of nitrogens with one attached hydrogen (secondary N) is 1. The molecule has 27 heavy (non-hydrogen) atoms. The summed E-state index contributed by atoms with van der Waals surface area (Å²) in [5.74, 6) is 0.222. The molecular formula is C24H21N3. The van der Waals surface area contributed by atoms with Gasteiger partial charge in [0.25, 0.3) is 0 Å². The van der Waals surface area contributed by atoms with Crippen LogP contribution in [0.25, 0.3) is 0 Å². The fourth-order valence-corrected chi connectivity index (χ4v) is 3.29. The Hall–Kier alpha value is -3.46. The zero-order valence-corrected chi connectivity index (χ0v) is 15.0. The van der Waals surface area contributed by atoms with Gasteiger partial charge in [-0.3, -0.25) is 9.97 Å². The minimum Gasteiger partial charge on any atom is -0.356 e. The summed E-state index contributed by atoms with van der Waals surface area (Å²) in [5.41, 5.74) is 5.85. The molecule has 4 aromatic rings. The van der Waals surface area contributed by atoms with Crippen molar-refractivity contribution >= 4 is 11.4 Å². The van der Waals surface area contributed by atoms with Gasteiger partial charge in [0.2, 0.25) is 0 Å². The Morgan fingerprint density at radius 1 is 0.667 bits per heavy atom. The highest BCUT2D eigenvalue weighted by Gasteiger charge is 2.15. The average Bonchev–Trinajstić information content (AvgIpc) is 2.74. The number of pyridine rings is 2. The van der Waals surface area contributed by atoms with Gasteiger partial charge in [-0.15, -0.1) is 0 Å². The molecule has 0 radical (unpaired) electrons. The fourth-order valence-electron chi connectivity index (χ4n) is 3.29. The van der Waals surface area contributed by atoms with E-state index in [4.69, 9.17) is 0 Å². The van der Waals surface area contributed by atoms with Crippen molar-refractivity contribution in [2.45, 2.75) is 12.3 Å². The summed E-state index contributed by atoms with van der Waals surface area (Å²) in [4.78, 5) is 8.63. The highest BCUT2D eigenvalue weighted by Crippen LogP contribution is 2.29. The van der Waals surface area contributed by atoms with Crippen LogP contribution in [0.5, 0.6) is 0 Å². The molecule has 2 aromatic carbocycles. The molecule has 3 nitrogen and oxygen atoms in total. The molecule has 0 saturated heterocycles. The van der Waals surface area contributed by atoms with E-state index in [1.807, 2.05) is 55.1 Å². The molecule has 4 rings (SSSR count). The van der Waals surface area contributed by atoms with Crippen molar-refractivity contribution in [2.24, 2.45) is 0 Å². The number of para-hydroxylation sites is 1. The number of aromatic nitrogens is 2. The van der Waals surface area contributed by atoms with E-state index in [9.17, 15) is 0 Å². The highest BCUT2D eigenvalue weighted by atomic mass is 14.9. The van der Waals surface area contributed by atoms with Crippen LogP contribution in [0.1, 0.15) is 22.6 Å². The number of hydrogen-bond acceptors (Lipinski definition) is 3. The van der Waals surface area contributed by atoms with E-state index >= 15 is 0 Å². The molecular weight excluding hydrogens is 330 g/mol. The summed E-state index contributed by atoms with van der Waals surface area (Å²) >= 11 is 0. The molecule has 0 fully saturated rings. The lowest BCUT2D eigenvalue weighted by Crippen LogP contribution is -2.06. The molecule has 3 heteroatoms. The van der Waals surface area contributed by atoms with Crippen LogP contribution in [0.15, 0.2) is 104 Å². The molecule has 0 aliphatic heterocycles. The van der Waals surface area contributed by atoms with Crippen LogP contribution >= 0.6 is 0 Å². The Bertz CT molecular complexity index is 930. The molecule has 132 valence electrons. The number of hydrogen-bond donors (Lipinski definition) is 1. The smallest absolute Gasteiger partial charge is 0.0386 e. The van der Waals surface area contributed by atoms with E-state index in [-0.39, 0.29) is 5.92 Å². The van der Waals surface area contributed by atoms with E-state index in [2.05, 4.69) is 63.8 Å². The van der Waals surface area contributed by atoms with E-state index in [0.29, 0.717) is 0 Å². The van der Waals surface area contributed by atoms with E-state index in [0.717, 1.165) is 17.8 Å². The summed E-state index contributed by atoms with van der Waals surface area (Å²) in [6, 6.07) is 27.1. The predicted octanol–water partition coefficient (Wildman–Crippen LogP) is 5.59. The first-order valence-electron chi connectivity index (χ1n) is 9.09. The molecule has 0 aliphatic carbocycles. The minimum atomic E-state index is 0.222. The number of rotatable bonds is 6. The van der Waals surface area contributed by atoms with E-state index < -0.39 is 0 Å². The lowest BCUT2D eigenvalue weighted by molar-refractivity contribution is 0.794. The van der Waals surface area contributed by atoms with Crippen LogP contribution in [0.2, 0.25) is 0 Å². The monoisotopic (exact) mass is 351 g/mol. The quantitative estimate of drug-likeness (QED) is 0.492. The second-order valence-electron chi connectivity index (χ2n) is 6.52. The average molecular weight is 351 g/mol. The van der Waals surface area contributed by atoms with Crippen LogP contribution in [-0.4, -0.2) is 9.97 Å². The zero-order valence-electron chi connectivity index (χ0n) is 15.0. The third-order valence-electron chi connectivity index (χ3n) is 4.60. The standard InChI is InChI=1S/C24H21N3/c1-2-10-22(11-3-1)27-23-12-4-7-19(15-23)16-24(20-8-5-13-25-17-20)21-9-6-14-26-18-21/h1-15,17-18,24,27H,16H2. The van der Waals surface area contributed by atoms with Crippen LogP contribution in [-0.2, 0) is 6.42 Å². The van der Waals surface area contributed by atoms with Crippen molar-refractivity contribution in [1.29, 1.82) is 0 Å². The molecule has 0 atom stereocenters. The second-order valence-corrected chi connectivity index (χ2v) is 6.52. The summed E-state index contributed by atoms with van der Waals surface area (Å²) in [6.45, 7) is 0. The maximum Gasteiger partial charge on any atom is 0.0386 e. The van der Waals surface area contributed by atoms with Crippen molar-refractivity contribution in [2.75, 3.05) is 5.32 Å². The summed E-state index contributed by atoms with van der Waals surface area (Å²) in [7, 11) is 0. The van der Waals surface area contributed by atoms with Gasteiger partial charge in [-0.2, -0.15) is 0 Å². The van der Waals surface area contributed by atoms with Crippen molar-refractivity contribution in [1.82, 2.24) is 9.97 Å². The topological polar surface area (TPSA) is 37.8 Å². The lowest BCUT2D eigenvalue weighted by Gasteiger charge is -2.18. The Labute approximate surface area is 159 Å². The number of nitrogens with zero attached hydrogens (tertiary/aromatic N) is 2. The van der Waals surface area contributed by atoms with Gasteiger partial charge in [0.05, 0.1) is 0 Å². The molecule has 0 amide bonds. The van der Waals surface area contributed by atoms with Crippen molar-refractivity contribution in [3.8, 4) is 0 Å². The maximum absolute atomic E-state index is 4.31. The molecule has 0 spiro atoms. The molecule has 0 saturated carbocycles. The summed E-state index contributed by atoms with van der Waals surface area (Å²) < 4.78 is 0. The molecule has 2 heterocycles. The first-order chi connectivity index (χ1) is 13.4. The van der Waals surface area contributed by atoms with Crippen LogP contribution < -0.4 is 5.32 Å². The van der Waals surface area contributed by atoms with Crippen molar-refractivity contribution < 1.29 is 0 Å². The predicted molar refractivity (Wildman–Crippen MR) is 110 cm³/mol. The zero-order chi connectivity index (χ0) is 18.3. The molecule has 0 bridgehead atoms. The van der Waals surface area contributed by atoms with Gasteiger partial charge in [-0.25, -0.2) is 0 Å². The maximum atomic E-state index is 4.31. The van der Waals surface area contributed by atoms with Gasteiger partial charge < -0.3 is 5.32 Å². The Morgan fingerprint density at radius 3 is 1.96 bits per heavy atom. The van der Waals surface area contributed by atoms with Gasteiger partial charge in [-0.05, 0) is 59.5 Å². The van der Waals surface area contributed by atoms with E-state index in [1.54, 1.807) is 0 Å². The van der Waals surface area contributed by atoms with Gasteiger partial charge >= 0.3 is 0 Å². The van der Waals surface area contributed by atoms with Crippen molar-refractivity contribution in [3.05, 3.63) is 120 Å². The Kier molecular flexibility index (Phi) is 5.21. The molecule has 2 aromatic heterocycles. The summed E-state index contributed by atoms with van der Waals surface area (Å²) in [5, 5.41) is 3.47. The van der Waals surface area contributed by atoms with Crippen LogP contribution in [0.3, 0.4) is 0 Å².